The lowest BCUT2D eigenvalue weighted by molar-refractivity contribution is 0.150. The van der Waals surface area contributed by atoms with E-state index in [-0.39, 0.29) is 12.1 Å². The minimum absolute atomic E-state index is 0.312. The SMILES string of the molecule is CCn1cc(C2C(N)=NC(=O)N2CCOC)cn1. The number of carbonyl (C=O) groups excluding carboxylic acids is 1. The number of nitrogens with two attached hydrogens (primary N) is 1. The van der Waals surface area contributed by atoms with Gasteiger partial charge in [-0.2, -0.15) is 10.1 Å². The van der Waals surface area contributed by atoms with E-state index in [0.29, 0.717) is 19.0 Å². The second kappa shape index (κ2) is 5.18. The smallest absolute Gasteiger partial charge is 0.346 e. The first kappa shape index (κ1) is 12.6. The van der Waals surface area contributed by atoms with E-state index in [2.05, 4.69) is 10.1 Å². The second-order valence-corrected chi connectivity index (χ2v) is 4.04. The van der Waals surface area contributed by atoms with Crippen LogP contribution in [0.1, 0.15) is 18.5 Å². The molecule has 2 rings (SSSR count). The minimum atomic E-state index is -0.326. The molecule has 0 aromatic carbocycles. The third kappa shape index (κ3) is 2.21. The van der Waals surface area contributed by atoms with Gasteiger partial charge in [-0.15, -0.1) is 0 Å². The number of aromatic nitrogens is 2. The van der Waals surface area contributed by atoms with Crippen molar-refractivity contribution in [3.8, 4) is 0 Å². The van der Waals surface area contributed by atoms with Crippen molar-refractivity contribution >= 4 is 11.9 Å². The van der Waals surface area contributed by atoms with Crippen LogP contribution in [0.4, 0.5) is 4.79 Å². The first-order valence-corrected chi connectivity index (χ1v) is 5.83. The molecule has 0 fully saturated rings. The molecule has 1 aliphatic heterocycles. The van der Waals surface area contributed by atoms with Crippen LogP contribution in [-0.4, -0.2) is 46.8 Å². The molecule has 98 valence electrons. The lowest BCUT2D eigenvalue weighted by Gasteiger charge is -2.22. The van der Waals surface area contributed by atoms with Crippen molar-refractivity contribution in [1.82, 2.24) is 14.7 Å². The third-order valence-corrected chi connectivity index (χ3v) is 2.89. The summed E-state index contributed by atoms with van der Waals surface area (Å²) >= 11 is 0. The van der Waals surface area contributed by atoms with Gasteiger partial charge in [-0.1, -0.05) is 0 Å². The van der Waals surface area contributed by atoms with Crippen LogP contribution in [0.25, 0.3) is 0 Å². The number of rotatable bonds is 5. The van der Waals surface area contributed by atoms with E-state index in [1.165, 1.54) is 0 Å². The molecule has 2 amide bonds. The van der Waals surface area contributed by atoms with Gasteiger partial charge in [0.2, 0.25) is 0 Å². The quantitative estimate of drug-likeness (QED) is 0.820. The van der Waals surface area contributed by atoms with E-state index in [4.69, 9.17) is 10.5 Å². The Morgan fingerprint density at radius 3 is 2.94 bits per heavy atom. The molecule has 1 aromatic heterocycles. The lowest BCUT2D eigenvalue weighted by atomic mass is 10.1. The maximum Gasteiger partial charge on any atom is 0.346 e. The first-order valence-electron chi connectivity index (χ1n) is 5.83. The van der Waals surface area contributed by atoms with Crippen LogP contribution in [-0.2, 0) is 11.3 Å². The molecule has 1 atom stereocenters. The topological polar surface area (TPSA) is 85.7 Å². The van der Waals surface area contributed by atoms with Gasteiger partial charge in [-0.3, -0.25) is 4.68 Å². The normalized spacial score (nSPS) is 19.4. The van der Waals surface area contributed by atoms with Crippen molar-refractivity contribution in [3.63, 3.8) is 0 Å². The van der Waals surface area contributed by atoms with E-state index in [1.807, 2.05) is 13.1 Å². The molecule has 0 saturated heterocycles. The second-order valence-electron chi connectivity index (χ2n) is 4.04. The molecule has 0 radical (unpaired) electrons. The standard InChI is InChI=1S/C11H17N5O2/c1-3-15-7-8(6-13-15)9-10(12)14-11(17)16(9)4-5-18-2/h6-7,9H,3-5H2,1-2H3,(H2,12,14,17). The zero-order chi connectivity index (χ0) is 13.1. The first-order chi connectivity index (χ1) is 8.67. The largest absolute Gasteiger partial charge is 0.385 e. The van der Waals surface area contributed by atoms with Crippen LogP contribution < -0.4 is 5.73 Å². The molecular weight excluding hydrogens is 234 g/mol. The highest BCUT2D eigenvalue weighted by Crippen LogP contribution is 2.26. The van der Waals surface area contributed by atoms with Crippen LogP contribution >= 0.6 is 0 Å². The number of urea groups is 1. The Labute approximate surface area is 105 Å². The summed E-state index contributed by atoms with van der Waals surface area (Å²) in [6, 6.07) is -0.647. The van der Waals surface area contributed by atoms with Gasteiger partial charge >= 0.3 is 6.03 Å². The van der Waals surface area contributed by atoms with Gasteiger partial charge < -0.3 is 15.4 Å². The van der Waals surface area contributed by atoms with Gasteiger partial charge in [0.25, 0.3) is 0 Å². The minimum Gasteiger partial charge on any atom is -0.385 e. The number of aryl methyl sites for hydroxylation is 1. The number of methoxy groups -OCH3 is 1. The predicted octanol–water partition coefficient (Wildman–Crippen LogP) is 0.383. The highest BCUT2D eigenvalue weighted by Gasteiger charge is 2.34. The van der Waals surface area contributed by atoms with Crippen LogP contribution in [0.15, 0.2) is 17.4 Å². The summed E-state index contributed by atoms with van der Waals surface area (Å²) in [6.45, 7) is 3.68. The molecule has 1 aliphatic rings. The maximum absolute atomic E-state index is 11.7. The molecular formula is C11H17N5O2. The number of amides is 2. The number of amidine groups is 1. The number of aliphatic imine (C=N–C) groups is 1. The molecule has 0 bridgehead atoms. The van der Waals surface area contributed by atoms with E-state index >= 15 is 0 Å². The Kier molecular flexibility index (Phi) is 3.61. The zero-order valence-corrected chi connectivity index (χ0v) is 10.5. The average Bonchev–Trinajstić information content (AvgIpc) is 2.91. The Balaban J connectivity index is 2.22. The van der Waals surface area contributed by atoms with Crippen LogP contribution in [0, 0.1) is 0 Å². The van der Waals surface area contributed by atoms with Crippen LogP contribution in [0.3, 0.4) is 0 Å². The molecule has 0 saturated carbocycles. The van der Waals surface area contributed by atoms with Crippen LogP contribution in [0.5, 0.6) is 0 Å². The molecule has 0 spiro atoms. The fraction of sp³-hybridized carbons (Fsp3) is 0.545. The van der Waals surface area contributed by atoms with Gasteiger partial charge in [-0.05, 0) is 6.92 Å². The highest BCUT2D eigenvalue weighted by atomic mass is 16.5. The van der Waals surface area contributed by atoms with Gasteiger partial charge in [-0.25, -0.2) is 4.79 Å². The summed E-state index contributed by atoms with van der Waals surface area (Å²) in [4.78, 5) is 17.1. The van der Waals surface area contributed by atoms with E-state index < -0.39 is 0 Å². The summed E-state index contributed by atoms with van der Waals surface area (Å²) in [7, 11) is 1.59. The van der Waals surface area contributed by atoms with E-state index in [0.717, 1.165) is 12.1 Å². The lowest BCUT2D eigenvalue weighted by Crippen LogP contribution is -2.35. The number of ether oxygens (including phenoxy) is 1. The molecule has 18 heavy (non-hydrogen) atoms. The summed E-state index contributed by atoms with van der Waals surface area (Å²) in [6.07, 6.45) is 3.60. The summed E-state index contributed by atoms with van der Waals surface area (Å²) in [5.41, 5.74) is 6.70. The van der Waals surface area contributed by atoms with Crippen molar-refractivity contribution in [2.24, 2.45) is 10.7 Å². The Morgan fingerprint density at radius 1 is 1.56 bits per heavy atom. The molecule has 7 nitrogen and oxygen atoms in total. The van der Waals surface area contributed by atoms with Gasteiger partial charge in [0, 0.05) is 32.0 Å². The summed E-state index contributed by atoms with van der Waals surface area (Å²) < 4.78 is 6.78. The Hall–Kier alpha value is -1.89. The van der Waals surface area contributed by atoms with Crippen molar-refractivity contribution in [2.75, 3.05) is 20.3 Å². The highest BCUT2D eigenvalue weighted by molar-refractivity contribution is 6.03. The molecule has 7 heteroatoms. The fourth-order valence-electron chi connectivity index (χ4n) is 1.96. The van der Waals surface area contributed by atoms with Gasteiger partial charge in [0.1, 0.15) is 11.9 Å². The maximum atomic E-state index is 11.7. The van der Waals surface area contributed by atoms with E-state index in [1.54, 1.807) is 22.9 Å². The fourth-order valence-corrected chi connectivity index (χ4v) is 1.96. The molecule has 1 aromatic rings. The zero-order valence-electron chi connectivity index (χ0n) is 10.5. The Morgan fingerprint density at radius 2 is 2.33 bits per heavy atom. The van der Waals surface area contributed by atoms with Crippen LogP contribution in [0.2, 0.25) is 0 Å². The third-order valence-electron chi connectivity index (χ3n) is 2.89. The van der Waals surface area contributed by atoms with E-state index in [9.17, 15) is 4.79 Å². The summed E-state index contributed by atoms with van der Waals surface area (Å²) in [5.74, 6) is 0.312. The Bertz CT molecular complexity index is 468. The molecule has 0 aliphatic carbocycles. The van der Waals surface area contributed by atoms with Gasteiger partial charge in [0.15, 0.2) is 0 Å². The number of carbonyl (C=O) groups is 1. The molecule has 2 heterocycles. The number of nitrogens with zero attached hydrogens (tertiary/aromatic N) is 4. The predicted molar refractivity (Wildman–Crippen MR) is 66.2 cm³/mol. The van der Waals surface area contributed by atoms with Crippen molar-refractivity contribution in [3.05, 3.63) is 18.0 Å². The van der Waals surface area contributed by atoms with Gasteiger partial charge in [0.05, 0.1) is 12.8 Å². The monoisotopic (exact) mass is 251 g/mol. The van der Waals surface area contributed by atoms with Crippen molar-refractivity contribution in [1.29, 1.82) is 0 Å². The summed E-state index contributed by atoms with van der Waals surface area (Å²) in [5, 5.41) is 4.19. The molecule has 1 unspecified atom stereocenters. The number of hydrogen-bond acceptors (Lipinski definition) is 4. The molecule has 2 N–H and O–H groups in total. The number of hydrogen-bond donors (Lipinski definition) is 1. The van der Waals surface area contributed by atoms with Crippen molar-refractivity contribution < 1.29 is 9.53 Å². The van der Waals surface area contributed by atoms with Crippen molar-refractivity contribution in [2.45, 2.75) is 19.5 Å². The average molecular weight is 251 g/mol.